The van der Waals surface area contributed by atoms with Gasteiger partial charge in [0.05, 0.1) is 23.4 Å². The first-order valence-corrected chi connectivity index (χ1v) is 10.7. The number of nitro benzene ring substituents is 1. The Kier molecular flexibility index (Phi) is 7.72. The molecular formula is C19H24N4O6S. The minimum Gasteiger partial charge on any atom is -0.504 e. The SMILES string of the molecule is CCOc1cc(/C=N/Nc2ccc([N+](=O)[O-])cc2S(=O)(=O)N(CC)CC)ccc1O. The Morgan fingerprint density at radius 2 is 1.90 bits per heavy atom. The molecule has 0 saturated carbocycles. The Morgan fingerprint density at radius 1 is 1.20 bits per heavy atom. The third kappa shape index (κ3) is 5.24. The van der Waals surface area contributed by atoms with Gasteiger partial charge in [0.15, 0.2) is 11.5 Å². The second-order valence-electron chi connectivity index (χ2n) is 6.06. The predicted molar refractivity (Wildman–Crippen MR) is 114 cm³/mol. The molecule has 0 fully saturated rings. The maximum atomic E-state index is 12.9. The highest BCUT2D eigenvalue weighted by molar-refractivity contribution is 7.89. The molecule has 30 heavy (non-hydrogen) atoms. The number of non-ortho nitro benzene ring substituents is 1. The molecule has 0 aromatic heterocycles. The van der Waals surface area contributed by atoms with Gasteiger partial charge in [-0.3, -0.25) is 15.5 Å². The molecule has 2 rings (SSSR count). The summed E-state index contributed by atoms with van der Waals surface area (Å²) in [4.78, 5) is 10.2. The lowest BCUT2D eigenvalue weighted by Crippen LogP contribution is -2.31. The zero-order chi connectivity index (χ0) is 22.3. The van der Waals surface area contributed by atoms with Gasteiger partial charge in [-0.05, 0) is 36.8 Å². The van der Waals surface area contributed by atoms with Crippen molar-refractivity contribution in [1.29, 1.82) is 0 Å². The van der Waals surface area contributed by atoms with E-state index >= 15 is 0 Å². The molecule has 0 saturated heterocycles. The van der Waals surface area contributed by atoms with E-state index in [4.69, 9.17) is 4.74 Å². The predicted octanol–water partition coefficient (Wildman–Crippen LogP) is 3.18. The number of phenols is 1. The standard InChI is InChI=1S/C19H24N4O6S/c1-4-22(5-2)30(27,28)19-12-15(23(25)26)8-9-16(19)21-20-13-14-7-10-17(24)18(11-14)29-6-3/h7-13,21,24H,4-6H2,1-3H3/b20-13+. The summed E-state index contributed by atoms with van der Waals surface area (Å²) < 4.78 is 32.4. The number of rotatable bonds is 10. The molecule has 0 aliphatic heterocycles. The van der Waals surface area contributed by atoms with Crippen LogP contribution < -0.4 is 10.2 Å². The van der Waals surface area contributed by atoms with Crippen molar-refractivity contribution in [3.63, 3.8) is 0 Å². The number of nitrogens with zero attached hydrogens (tertiary/aromatic N) is 3. The quantitative estimate of drug-likeness (QED) is 0.332. The first kappa shape index (κ1) is 23.1. The normalized spacial score (nSPS) is 11.7. The van der Waals surface area contributed by atoms with Crippen LogP contribution >= 0.6 is 0 Å². The van der Waals surface area contributed by atoms with Crippen LogP contribution in [-0.2, 0) is 10.0 Å². The van der Waals surface area contributed by atoms with Gasteiger partial charge in [0.25, 0.3) is 5.69 Å². The molecule has 2 aromatic rings. The van der Waals surface area contributed by atoms with Crippen molar-refractivity contribution < 1.29 is 23.2 Å². The van der Waals surface area contributed by atoms with E-state index in [2.05, 4.69) is 10.5 Å². The number of nitro groups is 1. The molecule has 0 bridgehead atoms. The number of anilines is 1. The minimum atomic E-state index is -3.96. The molecule has 0 aliphatic rings. The van der Waals surface area contributed by atoms with E-state index < -0.39 is 14.9 Å². The van der Waals surface area contributed by atoms with Gasteiger partial charge < -0.3 is 9.84 Å². The molecule has 2 N–H and O–H groups in total. The van der Waals surface area contributed by atoms with Crippen LogP contribution in [0.15, 0.2) is 46.4 Å². The number of benzene rings is 2. The van der Waals surface area contributed by atoms with Crippen LogP contribution in [0.5, 0.6) is 11.5 Å². The number of nitrogens with one attached hydrogen (secondary N) is 1. The zero-order valence-corrected chi connectivity index (χ0v) is 17.7. The highest BCUT2D eigenvalue weighted by atomic mass is 32.2. The number of hydrazone groups is 1. The molecule has 0 radical (unpaired) electrons. The van der Waals surface area contributed by atoms with Crippen molar-refractivity contribution in [3.8, 4) is 11.5 Å². The van der Waals surface area contributed by atoms with Gasteiger partial charge in [-0.15, -0.1) is 0 Å². The molecule has 0 unspecified atom stereocenters. The minimum absolute atomic E-state index is 0.00932. The molecule has 0 amide bonds. The van der Waals surface area contributed by atoms with Crippen molar-refractivity contribution in [1.82, 2.24) is 4.31 Å². The summed E-state index contributed by atoms with van der Waals surface area (Å²) in [6.45, 7) is 5.97. The summed E-state index contributed by atoms with van der Waals surface area (Å²) in [6, 6.07) is 8.15. The largest absolute Gasteiger partial charge is 0.504 e. The zero-order valence-electron chi connectivity index (χ0n) is 16.9. The average Bonchev–Trinajstić information content (AvgIpc) is 2.71. The van der Waals surface area contributed by atoms with E-state index in [1.165, 1.54) is 28.7 Å². The summed E-state index contributed by atoms with van der Waals surface area (Å²) in [6.07, 6.45) is 1.41. The Morgan fingerprint density at radius 3 is 2.50 bits per heavy atom. The third-order valence-corrected chi connectivity index (χ3v) is 6.27. The maximum Gasteiger partial charge on any atom is 0.270 e. The summed E-state index contributed by atoms with van der Waals surface area (Å²) in [5, 5.41) is 24.9. The fraction of sp³-hybridized carbons (Fsp3) is 0.316. The average molecular weight is 436 g/mol. The first-order valence-electron chi connectivity index (χ1n) is 9.28. The van der Waals surface area contributed by atoms with Gasteiger partial charge in [-0.25, -0.2) is 8.42 Å². The number of ether oxygens (including phenoxy) is 1. The number of hydrogen-bond donors (Lipinski definition) is 2. The highest BCUT2D eigenvalue weighted by Crippen LogP contribution is 2.29. The van der Waals surface area contributed by atoms with E-state index in [0.29, 0.717) is 17.9 Å². The van der Waals surface area contributed by atoms with Crippen LogP contribution in [0.3, 0.4) is 0 Å². The lowest BCUT2D eigenvalue weighted by molar-refractivity contribution is -0.385. The van der Waals surface area contributed by atoms with Crippen LogP contribution in [0.25, 0.3) is 0 Å². The van der Waals surface area contributed by atoms with Crippen LogP contribution in [0.2, 0.25) is 0 Å². The molecule has 0 aliphatic carbocycles. The topological polar surface area (TPSA) is 134 Å². The lowest BCUT2D eigenvalue weighted by Gasteiger charge is -2.20. The third-order valence-electron chi connectivity index (χ3n) is 4.18. The van der Waals surface area contributed by atoms with Gasteiger partial charge in [0.2, 0.25) is 10.0 Å². The first-order chi connectivity index (χ1) is 14.2. The van der Waals surface area contributed by atoms with E-state index in [9.17, 15) is 23.6 Å². The van der Waals surface area contributed by atoms with Crippen molar-refractivity contribution in [2.75, 3.05) is 25.1 Å². The Bertz CT molecular complexity index is 1040. The fourth-order valence-electron chi connectivity index (χ4n) is 2.69. The number of aromatic hydroxyl groups is 1. The molecule has 0 heterocycles. The molecule has 10 nitrogen and oxygen atoms in total. The fourth-order valence-corrected chi connectivity index (χ4v) is 4.31. The van der Waals surface area contributed by atoms with E-state index in [0.717, 1.165) is 6.07 Å². The molecule has 0 spiro atoms. The Balaban J connectivity index is 2.39. The van der Waals surface area contributed by atoms with Crippen molar-refractivity contribution >= 4 is 27.6 Å². The van der Waals surface area contributed by atoms with E-state index in [1.807, 2.05) is 0 Å². The Labute approximate surface area is 175 Å². The van der Waals surface area contributed by atoms with Gasteiger partial charge in [-0.1, -0.05) is 13.8 Å². The summed E-state index contributed by atoms with van der Waals surface area (Å²) in [5.74, 6) is 0.284. The van der Waals surface area contributed by atoms with Gasteiger partial charge in [0, 0.05) is 25.2 Å². The number of hydrogen-bond acceptors (Lipinski definition) is 8. The Hall–Kier alpha value is -3.18. The monoisotopic (exact) mass is 436 g/mol. The summed E-state index contributed by atoms with van der Waals surface area (Å²) in [7, 11) is -3.96. The second-order valence-corrected chi connectivity index (χ2v) is 7.96. The molecule has 0 atom stereocenters. The van der Waals surface area contributed by atoms with Crippen molar-refractivity contribution in [2.24, 2.45) is 5.10 Å². The van der Waals surface area contributed by atoms with Crippen LogP contribution in [-0.4, -0.2) is 48.7 Å². The molecule has 2 aromatic carbocycles. The van der Waals surface area contributed by atoms with Crippen molar-refractivity contribution in [2.45, 2.75) is 25.7 Å². The van der Waals surface area contributed by atoms with Crippen LogP contribution in [0, 0.1) is 10.1 Å². The van der Waals surface area contributed by atoms with Gasteiger partial charge >= 0.3 is 0 Å². The molecular weight excluding hydrogens is 412 g/mol. The number of sulfonamides is 1. The van der Waals surface area contributed by atoms with Crippen LogP contribution in [0.1, 0.15) is 26.3 Å². The summed E-state index contributed by atoms with van der Waals surface area (Å²) in [5.41, 5.74) is 3.00. The van der Waals surface area contributed by atoms with Crippen LogP contribution in [0.4, 0.5) is 11.4 Å². The smallest absolute Gasteiger partial charge is 0.270 e. The molecule has 162 valence electrons. The van der Waals surface area contributed by atoms with Gasteiger partial charge in [-0.2, -0.15) is 9.41 Å². The highest BCUT2D eigenvalue weighted by Gasteiger charge is 2.27. The lowest BCUT2D eigenvalue weighted by atomic mass is 10.2. The van der Waals surface area contributed by atoms with E-state index in [-0.39, 0.29) is 35.1 Å². The maximum absolute atomic E-state index is 12.9. The van der Waals surface area contributed by atoms with Gasteiger partial charge in [0.1, 0.15) is 4.90 Å². The second kappa shape index (κ2) is 10.0. The van der Waals surface area contributed by atoms with E-state index in [1.54, 1.807) is 32.9 Å². The number of phenolic OH excluding ortho intramolecular Hbond substituents is 1. The molecule has 11 heteroatoms. The summed E-state index contributed by atoms with van der Waals surface area (Å²) >= 11 is 0. The van der Waals surface area contributed by atoms with Crippen molar-refractivity contribution in [3.05, 3.63) is 52.1 Å².